The molecule has 0 aliphatic rings. The van der Waals surface area contributed by atoms with Gasteiger partial charge in [-0.3, -0.25) is 9.89 Å². The molecule has 4 N–H and O–H groups in total. The summed E-state index contributed by atoms with van der Waals surface area (Å²) in [7, 11) is 0. The van der Waals surface area contributed by atoms with Gasteiger partial charge >= 0.3 is 0 Å². The number of amides is 1. The fraction of sp³-hybridized carbons (Fsp3) is 0.273. The first kappa shape index (κ1) is 10.6. The standard InChI is InChI=1S/C11H14N4O/c12-4-1-5-13-11(16)8-2-3-9-7-14-15-10(9)6-8/h2-3,6-7H,1,4-5,12H2,(H,13,16)(H,14,15). The highest BCUT2D eigenvalue weighted by Gasteiger charge is 2.05. The predicted octanol–water partition coefficient (Wildman–Crippen LogP) is 0.641. The normalized spacial score (nSPS) is 10.6. The van der Waals surface area contributed by atoms with E-state index in [1.165, 1.54) is 0 Å². The molecule has 1 aromatic heterocycles. The van der Waals surface area contributed by atoms with Crippen molar-refractivity contribution in [1.29, 1.82) is 0 Å². The van der Waals surface area contributed by atoms with E-state index < -0.39 is 0 Å². The number of hydrogen-bond donors (Lipinski definition) is 3. The zero-order valence-corrected chi connectivity index (χ0v) is 8.86. The first-order chi connectivity index (χ1) is 7.81. The van der Waals surface area contributed by atoms with Gasteiger partial charge in [-0.15, -0.1) is 0 Å². The zero-order chi connectivity index (χ0) is 11.4. The van der Waals surface area contributed by atoms with Crippen molar-refractivity contribution in [3.8, 4) is 0 Å². The Labute approximate surface area is 93.0 Å². The van der Waals surface area contributed by atoms with Crippen LogP contribution in [0, 0.1) is 0 Å². The lowest BCUT2D eigenvalue weighted by atomic mass is 10.1. The first-order valence-electron chi connectivity index (χ1n) is 5.22. The van der Waals surface area contributed by atoms with E-state index in [-0.39, 0.29) is 5.91 Å². The quantitative estimate of drug-likeness (QED) is 0.658. The van der Waals surface area contributed by atoms with Crippen LogP contribution in [0.4, 0.5) is 0 Å². The smallest absolute Gasteiger partial charge is 0.251 e. The third-order valence-corrected chi connectivity index (χ3v) is 2.37. The summed E-state index contributed by atoms with van der Waals surface area (Å²) in [4.78, 5) is 11.7. The van der Waals surface area contributed by atoms with Crippen molar-refractivity contribution < 1.29 is 4.79 Å². The van der Waals surface area contributed by atoms with Gasteiger partial charge in [-0.2, -0.15) is 5.10 Å². The number of fused-ring (bicyclic) bond motifs is 1. The van der Waals surface area contributed by atoms with Crippen LogP contribution < -0.4 is 11.1 Å². The summed E-state index contributed by atoms with van der Waals surface area (Å²) in [5.41, 5.74) is 6.85. The Balaban J connectivity index is 2.10. The molecular formula is C11H14N4O. The fourth-order valence-corrected chi connectivity index (χ4v) is 1.48. The molecule has 0 radical (unpaired) electrons. The van der Waals surface area contributed by atoms with Crippen LogP contribution in [0.1, 0.15) is 16.8 Å². The number of benzene rings is 1. The summed E-state index contributed by atoms with van der Waals surface area (Å²) >= 11 is 0. The average molecular weight is 218 g/mol. The van der Waals surface area contributed by atoms with E-state index in [9.17, 15) is 4.79 Å². The number of nitrogens with one attached hydrogen (secondary N) is 2. The van der Waals surface area contributed by atoms with Crippen molar-refractivity contribution in [3.05, 3.63) is 30.0 Å². The van der Waals surface area contributed by atoms with E-state index in [4.69, 9.17) is 5.73 Å². The van der Waals surface area contributed by atoms with Crippen molar-refractivity contribution in [1.82, 2.24) is 15.5 Å². The number of H-pyrrole nitrogens is 1. The summed E-state index contributed by atoms with van der Waals surface area (Å²) in [5, 5.41) is 10.5. The van der Waals surface area contributed by atoms with Gasteiger partial charge in [0.2, 0.25) is 0 Å². The minimum atomic E-state index is -0.0787. The summed E-state index contributed by atoms with van der Waals surface area (Å²) < 4.78 is 0. The largest absolute Gasteiger partial charge is 0.352 e. The molecule has 5 nitrogen and oxygen atoms in total. The van der Waals surface area contributed by atoms with Gasteiger partial charge in [0.25, 0.3) is 5.91 Å². The van der Waals surface area contributed by atoms with Gasteiger partial charge in [-0.25, -0.2) is 0 Å². The van der Waals surface area contributed by atoms with Gasteiger partial charge in [-0.05, 0) is 25.1 Å². The van der Waals surface area contributed by atoms with Gasteiger partial charge in [-0.1, -0.05) is 6.07 Å². The number of rotatable bonds is 4. The molecule has 0 bridgehead atoms. The predicted molar refractivity (Wildman–Crippen MR) is 62.1 cm³/mol. The summed E-state index contributed by atoms with van der Waals surface area (Å²) in [6.45, 7) is 1.19. The lowest BCUT2D eigenvalue weighted by Gasteiger charge is -2.03. The lowest BCUT2D eigenvalue weighted by molar-refractivity contribution is 0.0953. The van der Waals surface area contributed by atoms with Gasteiger partial charge in [0, 0.05) is 17.5 Å². The van der Waals surface area contributed by atoms with E-state index in [0.29, 0.717) is 18.7 Å². The van der Waals surface area contributed by atoms with Crippen molar-refractivity contribution >= 4 is 16.8 Å². The molecule has 1 amide bonds. The Morgan fingerprint density at radius 1 is 1.50 bits per heavy atom. The van der Waals surface area contributed by atoms with Crippen molar-refractivity contribution in [3.63, 3.8) is 0 Å². The van der Waals surface area contributed by atoms with Crippen LogP contribution in [0.25, 0.3) is 10.9 Å². The summed E-state index contributed by atoms with van der Waals surface area (Å²) in [6.07, 6.45) is 2.52. The van der Waals surface area contributed by atoms with Gasteiger partial charge in [0.05, 0.1) is 11.7 Å². The second-order valence-electron chi connectivity index (χ2n) is 3.57. The van der Waals surface area contributed by atoms with Crippen LogP contribution >= 0.6 is 0 Å². The highest BCUT2D eigenvalue weighted by atomic mass is 16.1. The number of aromatic nitrogens is 2. The highest BCUT2D eigenvalue weighted by Crippen LogP contribution is 2.12. The molecule has 16 heavy (non-hydrogen) atoms. The van der Waals surface area contributed by atoms with Gasteiger partial charge < -0.3 is 11.1 Å². The van der Waals surface area contributed by atoms with Crippen LogP contribution in [0.5, 0.6) is 0 Å². The van der Waals surface area contributed by atoms with Gasteiger partial charge in [0.15, 0.2) is 0 Å². The third-order valence-electron chi connectivity index (χ3n) is 2.37. The topological polar surface area (TPSA) is 83.8 Å². The number of carbonyl (C=O) groups is 1. The summed E-state index contributed by atoms with van der Waals surface area (Å²) in [6, 6.07) is 5.45. The van der Waals surface area contributed by atoms with Crippen molar-refractivity contribution in [2.75, 3.05) is 13.1 Å². The summed E-state index contributed by atoms with van der Waals surface area (Å²) in [5.74, 6) is -0.0787. The first-order valence-corrected chi connectivity index (χ1v) is 5.22. The molecule has 0 aliphatic heterocycles. The second kappa shape index (κ2) is 4.76. The number of hydrogen-bond acceptors (Lipinski definition) is 3. The van der Waals surface area contributed by atoms with Crippen LogP contribution in [-0.2, 0) is 0 Å². The van der Waals surface area contributed by atoms with Crippen molar-refractivity contribution in [2.45, 2.75) is 6.42 Å². The van der Waals surface area contributed by atoms with E-state index >= 15 is 0 Å². The minimum absolute atomic E-state index is 0.0787. The van der Waals surface area contributed by atoms with E-state index in [1.807, 2.05) is 6.07 Å². The molecule has 2 rings (SSSR count). The maximum Gasteiger partial charge on any atom is 0.251 e. The molecule has 0 atom stereocenters. The number of nitrogens with zero attached hydrogens (tertiary/aromatic N) is 1. The molecule has 0 fully saturated rings. The van der Waals surface area contributed by atoms with Crippen LogP contribution in [0.15, 0.2) is 24.4 Å². The molecule has 0 saturated heterocycles. The van der Waals surface area contributed by atoms with Gasteiger partial charge in [0.1, 0.15) is 0 Å². The second-order valence-corrected chi connectivity index (χ2v) is 3.57. The minimum Gasteiger partial charge on any atom is -0.352 e. The molecule has 0 aliphatic carbocycles. The molecule has 0 unspecified atom stereocenters. The molecule has 0 spiro atoms. The van der Waals surface area contributed by atoms with Crippen molar-refractivity contribution in [2.24, 2.45) is 5.73 Å². The Morgan fingerprint density at radius 2 is 2.38 bits per heavy atom. The molecule has 5 heteroatoms. The zero-order valence-electron chi connectivity index (χ0n) is 8.86. The van der Waals surface area contributed by atoms with E-state index in [0.717, 1.165) is 17.3 Å². The third kappa shape index (κ3) is 2.20. The number of nitrogens with two attached hydrogens (primary N) is 1. The molecule has 1 aromatic carbocycles. The maximum atomic E-state index is 11.7. The average Bonchev–Trinajstić information content (AvgIpc) is 2.76. The highest BCUT2D eigenvalue weighted by molar-refractivity contribution is 5.97. The molecule has 1 heterocycles. The number of carbonyl (C=O) groups excluding carboxylic acids is 1. The Bertz CT molecular complexity index is 491. The van der Waals surface area contributed by atoms with Crippen LogP contribution in [0.2, 0.25) is 0 Å². The van der Waals surface area contributed by atoms with Crippen LogP contribution in [0.3, 0.4) is 0 Å². The van der Waals surface area contributed by atoms with Crippen LogP contribution in [-0.4, -0.2) is 29.2 Å². The molecule has 0 saturated carbocycles. The lowest BCUT2D eigenvalue weighted by Crippen LogP contribution is -2.25. The Hall–Kier alpha value is -1.88. The Morgan fingerprint density at radius 3 is 3.19 bits per heavy atom. The fourth-order valence-electron chi connectivity index (χ4n) is 1.48. The van der Waals surface area contributed by atoms with E-state index in [2.05, 4.69) is 15.5 Å². The Kier molecular flexibility index (Phi) is 3.16. The molecular weight excluding hydrogens is 204 g/mol. The van der Waals surface area contributed by atoms with E-state index in [1.54, 1.807) is 18.3 Å². The molecule has 2 aromatic rings. The maximum absolute atomic E-state index is 11.7. The SMILES string of the molecule is NCCCNC(=O)c1ccc2cn[nH]c2c1. The molecule has 84 valence electrons. The monoisotopic (exact) mass is 218 g/mol. The number of aromatic amines is 1.